The van der Waals surface area contributed by atoms with Crippen LogP contribution in [0.4, 0.5) is 5.69 Å². The Morgan fingerprint density at radius 2 is 2.08 bits per heavy atom. The van der Waals surface area contributed by atoms with Gasteiger partial charge in [0.1, 0.15) is 5.75 Å². The van der Waals surface area contributed by atoms with Crippen molar-refractivity contribution in [2.24, 2.45) is 0 Å². The van der Waals surface area contributed by atoms with Crippen LogP contribution in [0.25, 0.3) is 11.5 Å². The largest absolute Gasteiger partial charge is 0.495 e. The SMILES string of the molecule is COc1ccc(NC(=O)CSc2nnc(-c3ccccc3C)o2)cc1Cl. The first-order valence-electron chi connectivity index (χ1n) is 7.72. The maximum absolute atomic E-state index is 12.1. The maximum Gasteiger partial charge on any atom is 0.277 e. The highest BCUT2D eigenvalue weighted by Gasteiger charge is 2.13. The van der Waals surface area contributed by atoms with Crippen molar-refractivity contribution in [3.63, 3.8) is 0 Å². The molecule has 3 aromatic rings. The van der Waals surface area contributed by atoms with Gasteiger partial charge in [-0.05, 0) is 36.8 Å². The lowest BCUT2D eigenvalue weighted by molar-refractivity contribution is -0.113. The van der Waals surface area contributed by atoms with Gasteiger partial charge in [-0.1, -0.05) is 41.6 Å². The second-order valence-corrected chi connectivity index (χ2v) is 6.71. The van der Waals surface area contributed by atoms with E-state index in [0.717, 1.165) is 11.1 Å². The molecule has 26 heavy (non-hydrogen) atoms. The Balaban J connectivity index is 1.58. The molecular weight excluding hydrogens is 374 g/mol. The highest BCUT2D eigenvalue weighted by molar-refractivity contribution is 7.99. The summed E-state index contributed by atoms with van der Waals surface area (Å²) in [7, 11) is 1.53. The van der Waals surface area contributed by atoms with Crippen LogP contribution in [-0.4, -0.2) is 29.0 Å². The van der Waals surface area contributed by atoms with Crippen LogP contribution < -0.4 is 10.1 Å². The van der Waals surface area contributed by atoms with Gasteiger partial charge >= 0.3 is 0 Å². The highest BCUT2D eigenvalue weighted by atomic mass is 35.5. The minimum atomic E-state index is -0.202. The Labute approximate surface area is 159 Å². The standard InChI is InChI=1S/C18H16ClN3O3S/c1-11-5-3-4-6-13(11)17-21-22-18(25-17)26-10-16(23)20-12-7-8-15(24-2)14(19)9-12/h3-9H,10H2,1-2H3,(H,20,23). The van der Waals surface area contributed by atoms with Crippen LogP contribution in [0, 0.1) is 6.92 Å². The van der Waals surface area contributed by atoms with Gasteiger partial charge < -0.3 is 14.5 Å². The molecule has 0 radical (unpaired) electrons. The minimum Gasteiger partial charge on any atom is -0.495 e. The van der Waals surface area contributed by atoms with Gasteiger partial charge in [-0.15, -0.1) is 10.2 Å². The second kappa shape index (κ2) is 8.25. The van der Waals surface area contributed by atoms with E-state index < -0.39 is 0 Å². The molecule has 8 heteroatoms. The van der Waals surface area contributed by atoms with Gasteiger partial charge in [0, 0.05) is 11.3 Å². The van der Waals surface area contributed by atoms with Crippen molar-refractivity contribution < 1.29 is 13.9 Å². The molecule has 0 atom stereocenters. The molecule has 1 aromatic heterocycles. The maximum atomic E-state index is 12.1. The van der Waals surface area contributed by atoms with E-state index >= 15 is 0 Å². The van der Waals surface area contributed by atoms with E-state index in [1.165, 1.54) is 18.9 Å². The van der Waals surface area contributed by atoms with Gasteiger partial charge in [-0.3, -0.25) is 4.79 Å². The minimum absolute atomic E-state index is 0.138. The predicted octanol–water partition coefficient (Wildman–Crippen LogP) is 4.44. The van der Waals surface area contributed by atoms with Crippen LogP contribution in [-0.2, 0) is 4.79 Å². The predicted molar refractivity (Wildman–Crippen MR) is 102 cm³/mol. The van der Waals surface area contributed by atoms with Crippen molar-refractivity contribution in [1.82, 2.24) is 10.2 Å². The summed E-state index contributed by atoms with van der Waals surface area (Å²) < 4.78 is 10.7. The number of ether oxygens (including phenoxy) is 1. The number of aromatic nitrogens is 2. The van der Waals surface area contributed by atoms with Crippen molar-refractivity contribution in [1.29, 1.82) is 0 Å². The number of nitrogens with one attached hydrogen (secondary N) is 1. The molecule has 2 aromatic carbocycles. The summed E-state index contributed by atoms with van der Waals surface area (Å²) in [6, 6.07) is 12.8. The van der Waals surface area contributed by atoms with E-state index in [2.05, 4.69) is 15.5 Å². The number of carbonyl (C=O) groups is 1. The number of benzene rings is 2. The van der Waals surface area contributed by atoms with Gasteiger partial charge in [0.25, 0.3) is 5.22 Å². The third kappa shape index (κ3) is 4.36. The van der Waals surface area contributed by atoms with E-state index in [0.29, 0.717) is 27.6 Å². The number of rotatable bonds is 6. The number of aryl methyl sites for hydroxylation is 1. The van der Waals surface area contributed by atoms with Gasteiger partial charge in [-0.2, -0.15) is 0 Å². The average Bonchev–Trinajstić information content (AvgIpc) is 3.09. The molecule has 1 heterocycles. The van der Waals surface area contributed by atoms with E-state index in [1.54, 1.807) is 18.2 Å². The average molecular weight is 390 g/mol. The number of anilines is 1. The number of hydrogen-bond acceptors (Lipinski definition) is 6. The van der Waals surface area contributed by atoms with Gasteiger partial charge in [0.2, 0.25) is 11.8 Å². The van der Waals surface area contributed by atoms with E-state index in [9.17, 15) is 4.79 Å². The normalized spacial score (nSPS) is 10.6. The molecule has 0 unspecified atom stereocenters. The van der Waals surface area contributed by atoms with E-state index in [1.807, 2.05) is 31.2 Å². The number of thioether (sulfide) groups is 1. The van der Waals surface area contributed by atoms with Crippen LogP contribution in [0.5, 0.6) is 5.75 Å². The quantitative estimate of drug-likeness (QED) is 0.628. The first-order valence-corrected chi connectivity index (χ1v) is 9.09. The molecule has 0 spiro atoms. The third-order valence-corrected chi connectivity index (χ3v) is 4.66. The molecule has 0 saturated carbocycles. The lowest BCUT2D eigenvalue weighted by Crippen LogP contribution is -2.14. The fraction of sp³-hybridized carbons (Fsp3) is 0.167. The topological polar surface area (TPSA) is 77.2 Å². The lowest BCUT2D eigenvalue weighted by Gasteiger charge is -2.07. The van der Waals surface area contributed by atoms with Crippen molar-refractivity contribution in [3.05, 3.63) is 53.1 Å². The smallest absolute Gasteiger partial charge is 0.277 e. The van der Waals surface area contributed by atoms with Crippen molar-refractivity contribution in [3.8, 4) is 17.2 Å². The zero-order valence-electron chi connectivity index (χ0n) is 14.2. The van der Waals surface area contributed by atoms with Crippen LogP contribution in [0.1, 0.15) is 5.56 Å². The molecule has 0 bridgehead atoms. The molecule has 134 valence electrons. The summed E-state index contributed by atoms with van der Waals surface area (Å²) in [5, 5.41) is 11.5. The highest BCUT2D eigenvalue weighted by Crippen LogP contribution is 2.28. The molecule has 0 saturated heterocycles. The summed E-state index contributed by atoms with van der Waals surface area (Å²) in [6.07, 6.45) is 0. The molecule has 6 nitrogen and oxygen atoms in total. The summed E-state index contributed by atoms with van der Waals surface area (Å²) in [4.78, 5) is 12.1. The van der Waals surface area contributed by atoms with Crippen LogP contribution in [0.2, 0.25) is 5.02 Å². The molecule has 0 aliphatic carbocycles. The molecule has 0 aliphatic heterocycles. The van der Waals surface area contributed by atoms with E-state index in [4.69, 9.17) is 20.8 Å². The Morgan fingerprint density at radius 3 is 2.81 bits per heavy atom. The Bertz CT molecular complexity index is 930. The van der Waals surface area contributed by atoms with Crippen molar-refractivity contribution in [2.75, 3.05) is 18.2 Å². The van der Waals surface area contributed by atoms with Crippen LogP contribution in [0.3, 0.4) is 0 Å². The molecular formula is C18H16ClN3O3S. The number of halogens is 1. The first kappa shape index (κ1) is 18.3. The number of methoxy groups -OCH3 is 1. The fourth-order valence-corrected chi connectivity index (χ4v) is 3.08. The van der Waals surface area contributed by atoms with Crippen LogP contribution >= 0.6 is 23.4 Å². The third-order valence-electron chi connectivity index (χ3n) is 3.54. The molecule has 1 N–H and O–H groups in total. The first-order chi connectivity index (χ1) is 12.6. The summed E-state index contributed by atoms with van der Waals surface area (Å²) in [6.45, 7) is 1.97. The van der Waals surface area contributed by atoms with Crippen LogP contribution in [0.15, 0.2) is 52.1 Å². The summed E-state index contributed by atoms with van der Waals surface area (Å²) >= 11 is 7.22. The van der Waals surface area contributed by atoms with E-state index in [-0.39, 0.29) is 11.7 Å². The number of amides is 1. The fourth-order valence-electron chi connectivity index (χ4n) is 2.26. The van der Waals surface area contributed by atoms with Gasteiger partial charge in [0.15, 0.2) is 0 Å². The number of nitrogens with zero attached hydrogens (tertiary/aromatic N) is 2. The molecule has 0 aliphatic rings. The lowest BCUT2D eigenvalue weighted by atomic mass is 10.1. The zero-order chi connectivity index (χ0) is 18.5. The van der Waals surface area contributed by atoms with Crippen molar-refractivity contribution in [2.45, 2.75) is 12.1 Å². The summed E-state index contributed by atoms with van der Waals surface area (Å²) in [5.41, 5.74) is 2.51. The monoisotopic (exact) mass is 389 g/mol. The number of carbonyl (C=O) groups excluding carboxylic acids is 1. The molecule has 3 rings (SSSR count). The molecule has 0 fully saturated rings. The van der Waals surface area contributed by atoms with Gasteiger partial charge in [0.05, 0.1) is 17.9 Å². The Morgan fingerprint density at radius 1 is 1.27 bits per heavy atom. The summed E-state index contributed by atoms with van der Waals surface area (Å²) in [5.74, 6) is 0.924. The van der Waals surface area contributed by atoms with Gasteiger partial charge in [-0.25, -0.2) is 0 Å². The zero-order valence-corrected chi connectivity index (χ0v) is 15.7. The molecule has 1 amide bonds. The van der Waals surface area contributed by atoms with Crippen molar-refractivity contribution >= 4 is 35.0 Å². The number of hydrogen-bond donors (Lipinski definition) is 1. The second-order valence-electron chi connectivity index (χ2n) is 5.37. The Kier molecular flexibility index (Phi) is 5.80. The Hall–Kier alpha value is -2.51.